The number of aliphatic hydroxyl groups is 1. The molecule has 0 spiro atoms. The van der Waals surface area contributed by atoms with Crippen molar-refractivity contribution in [1.29, 1.82) is 0 Å². The maximum atomic E-state index is 11.0. The molecule has 1 N–H and O–H groups in total. The minimum atomic E-state index is -0.966. The fourth-order valence-corrected chi connectivity index (χ4v) is 1.25. The Morgan fingerprint density at radius 2 is 1.89 bits per heavy atom. The number of methoxy groups -OCH3 is 1. The summed E-state index contributed by atoms with van der Waals surface area (Å²) in [7, 11) is 1.30. The molecule has 1 atom stereocenters. The van der Waals surface area contributed by atoms with E-state index in [1.54, 1.807) is 6.92 Å². The van der Waals surface area contributed by atoms with Crippen LogP contribution in [0.2, 0.25) is 0 Å². The average Bonchev–Trinajstić information content (AvgIpc) is 2.35. The molecule has 0 heterocycles. The van der Waals surface area contributed by atoms with Crippen LogP contribution in [-0.4, -0.2) is 43.7 Å². The molecular formula is C12H22O6. The van der Waals surface area contributed by atoms with Crippen LogP contribution < -0.4 is 0 Å². The van der Waals surface area contributed by atoms with Crippen molar-refractivity contribution in [2.24, 2.45) is 0 Å². The lowest BCUT2D eigenvalue weighted by atomic mass is 10.2. The lowest BCUT2D eigenvalue weighted by Gasteiger charge is -2.10. The Morgan fingerprint density at radius 3 is 2.50 bits per heavy atom. The van der Waals surface area contributed by atoms with Gasteiger partial charge in [-0.15, -0.1) is 0 Å². The Bertz CT molecular complexity index is 241. The van der Waals surface area contributed by atoms with Crippen LogP contribution in [0.25, 0.3) is 0 Å². The Balaban J connectivity index is 3.37. The minimum Gasteiger partial charge on any atom is -0.469 e. The van der Waals surface area contributed by atoms with Crippen molar-refractivity contribution in [3.05, 3.63) is 0 Å². The van der Waals surface area contributed by atoms with Crippen molar-refractivity contribution < 1.29 is 28.9 Å². The van der Waals surface area contributed by atoms with Crippen LogP contribution in [0.5, 0.6) is 0 Å². The van der Waals surface area contributed by atoms with Gasteiger partial charge < -0.3 is 19.3 Å². The van der Waals surface area contributed by atoms with Crippen LogP contribution in [0.4, 0.5) is 0 Å². The largest absolute Gasteiger partial charge is 0.469 e. The third kappa shape index (κ3) is 10.0. The van der Waals surface area contributed by atoms with E-state index in [9.17, 15) is 14.7 Å². The highest BCUT2D eigenvalue weighted by molar-refractivity contribution is 5.69. The fourth-order valence-electron chi connectivity index (χ4n) is 1.25. The van der Waals surface area contributed by atoms with E-state index in [1.165, 1.54) is 7.11 Å². The maximum Gasteiger partial charge on any atom is 0.305 e. The predicted octanol–water partition coefficient (Wildman–Crippen LogP) is 1.01. The van der Waals surface area contributed by atoms with Crippen molar-refractivity contribution in [2.75, 3.05) is 20.3 Å². The lowest BCUT2D eigenvalue weighted by molar-refractivity contribution is -0.146. The number of carbonyl (C=O) groups is 2. The molecule has 0 radical (unpaired) electrons. The van der Waals surface area contributed by atoms with E-state index in [1.807, 2.05) is 0 Å². The highest BCUT2D eigenvalue weighted by Gasteiger charge is 2.08. The first-order valence-corrected chi connectivity index (χ1v) is 6.12. The lowest BCUT2D eigenvalue weighted by Crippen LogP contribution is -2.15. The molecule has 1 unspecified atom stereocenters. The smallest absolute Gasteiger partial charge is 0.305 e. The van der Waals surface area contributed by atoms with Gasteiger partial charge in [-0.25, -0.2) is 0 Å². The monoisotopic (exact) mass is 262 g/mol. The van der Waals surface area contributed by atoms with E-state index in [2.05, 4.69) is 4.74 Å². The average molecular weight is 262 g/mol. The zero-order valence-electron chi connectivity index (χ0n) is 11.0. The zero-order chi connectivity index (χ0) is 13.8. The Kier molecular flexibility index (Phi) is 10.3. The molecule has 0 aliphatic carbocycles. The number of esters is 2. The van der Waals surface area contributed by atoms with Gasteiger partial charge in [-0.1, -0.05) is 0 Å². The SMILES string of the molecule is CCOC(=O)CCCCOC(O)CCC(=O)OC. The molecule has 0 aromatic rings. The highest BCUT2D eigenvalue weighted by atomic mass is 16.6. The number of unbranched alkanes of at least 4 members (excludes halogenated alkanes) is 1. The molecule has 0 aliphatic heterocycles. The molecule has 0 bridgehead atoms. The molecule has 0 rings (SSSR count). The molecular weight excluding hydrogens is 240 g/mol. The molecule has 106 valence electrons. The summed E-state index contributed by atoms with van der Waals surface area (Å²) in [6.45, 7) is 2.50. The van der Waals surface area contributed by atoms with Crippen molar-refractivity contribution in [3.63, 3.8) is 0 Å². The van der Waals surface area contributed by atoms with Crippen molar-refractivity contribution in [2.45, 2.75) is 45.3 Å². The normalized spacial score (nSPS) is 11.9. The van der Waals surface area contributed by atoms with E-state index in [-0.39, 0.29) is 24.8 Å². The van der Waals surface area contributed by atoms with Gasteiger partial charge >= 0.3 is 11.9 Å². The number of hydrogen-bond donors (Lipinski definition) is 1. The van der Waals surface area contributed by atoms with E-state index in [4.69, 9.17) is 9.47 Å². The highest BCUT2D eigenvalue weighted by Crippen LogP contribution is 2.03. The second kappa shape index (κ2) is 11.0. The van der Waals surface area contributed by atoms with Crippen LogP contribution >= 0.6 is 0 Å². The van der Waals surface area contributed by atoms with E-state index in [0.717, 1.165) is 0 Å². The van der Waals surface area contributed by atoms with Crippen molar-refractivity contribution >= 4 is 11.9 Å². The summed E-state index contributed by atoms with van der Waals surface area (Å²) in [5, 5.41) is 9.36. The molecule has 0 saturated heterocycles. The Labute approximate surface area is 107 Å². The van der Waals surface area contributed by atoms with Gasteiger partial charge in [0, 0.05) is 19.4 Å². The summed E-state index contributed by atoms with van der Waals surface area (Å²) in [4.78, 5) is 21.8. The molecule has 6 heteroatoms. The molecule has 0 amide bonds. The Morgan fingerprint density at radius 1 is 1.17 bits per heavy atom. The second-order valence-electron chi connectivity index (χ2n) is 3.70. The molecule has 0 aliphatic rings. The number of rotatable bonds is 10. The van der Waals surface area contributed by atoms with Gasteiger partial charge in [0.05, 0.1) is 20.1 Å². The van der Waals surface area contributed by atoms with Gasteiger partial charge in [-0.05, 0) is 19.8 Å². The standard InChI is InChI=1S/C12H22O6/c1-3-17-11(14)6-4-5-9-18-12(15)8-7-10(13)16-2/h12,15H,3-9H2,1-2H3. The van der Waals surface area contributed by atoms with Gasteiger partial charge in [0.1, 0.15) is 0 Å². The van der Waals surface area contributed by atoms with Crippen LogP contribution in [0.3, 0.4) is 0 Å². The van der Waals surface area contributed by atoms with E-state index in [0.29, 0.717) is 32.5 Å². The second-order valence-corrected chi connectivity index (χ2v) is 3.70. The summed E-state index contributed by atoms with van der Waals surface area (Å²) >= 11 is 0. The molecule has 6 nitrogen and oxygen atoms in total. The quantitative estimate of drug-likeness (QED) is 0.359. The fraction of sp³-hybridized carbons (Fsp3) is 0.833. The van der Waals surface area contributed by atoms with Gasteiger partial charge in [0.2, 0.25) is 0 Å². The van der Waals surface area contributed by atoms with Crippen molar-refractivity contribution in [3.8, 4) is 0 Å². The maximum absolute atomic E-state index is 11.0. The van der Waals surface area contributed by atoms with Gasteiger partial charge in [0.25, 0.3) is 0 Å². The van der Waals surface area contributed by atoms with Gasteiger partial charge in [0.15, 0.2) is 6.29 Å². The van der Waals surface area contributed by atoms with Crippen LogP contribution in [0.1, 0.15) is 39.0 Å². The minimum absolute atomic E-state index is 0.125. The van der Waals surface area contributed by atoms with Crippen LogP contribution in [0.15, 0.2) is 0 Å². The van der Waals surface area contributed by atoms with Crippen LogP contribution in [0, 0.1) is 0 Å². The molecule has 0 aromatic carbocycles. The first-order chi connectivity index (χ1) is 8.60. The van der Waals surface area contributed by atoms with E-state index < -0.39 is 6.29 Å². The molecule has 18 heavy (non-hydrogen) atoms. The number of carbonyl (C=O) groups excluding carboxylic acids is 2. The molecule has 0 saturated carbocycles. The predicted molar refractivity (Wildman–Crippen MR) is 63.7 cm³/mol. The number of ether oxygens (including phenoxy) is 3. The van der Waals surface area contributed by atoms with Crippen LogP contribution in [-0.2, 0) is 23.8 Å². The zero-order valence-corrected chi connectivity index (χ0v) is 11.0. The first-order valence-electron chi connectivity index (χ1n) is 6.12. The van der Waals surface area contributed by atoms with Gasteiger partial charge in [-0.3, -0.25) is 9.59 Å². The first kappa shape index (κ1) is 16.9. The number of aliphatic hydroxyl groups excluding tert-OH is 1. The summed E-state index contributed by atoms with van der Waals surface area (Å²) in [6, 6.07) is 0. The van der Waals surface area contributed by atoms with Gasteiger partial charge in [-0.2, -0.15) is 0 Å². The summed E-state index contributed by atoms with van der Waals surface area (Å²) in [5.41, 5.74) is 0. The van der Waals surface area contributed by atoms with Crippen molar-refractivity contribution in [1.82, 2.24) is 0 Å². The Hall–Kier alpha value is -1.14. The summed E-state index contributed by atoms with van der Waals surface area (Å²) in [5.74, 6) is -0.594. The molecule has 0 fully saturated rings. The number of hydrogen-bond acceptors (Lipinski definition) is 6. The third-order valence-electron chi connectivity index (χ3n) is 2.21. The van der Waals surface area contributed by atoms with E-state index >= 15 is 0 Å². The third-order valence-corrected chi connectivity index (χ3v) is 2.21. The topological polar surface area (TPSA) is 82.1 Å². The summed E-state index contributed by atoms with van der Waals surface area (Å²) in [6.07, 6.45) is 1.05. The molecule has 0 aromatic heterocycles. The summed E-state index contributed by atoms with van der Waals surface area (Å²) < 4.78 is 14.3.